The van der Waals surface area contributed by atoms with Gasteiger partial charge in [0, 0.05) is 22.1 Å². The van der Waals surface area contributed by atoms with Gasteiger partial charge in [-0.2, -0.15) is 0 Å². The molecule has 0 unspecified atom stereocenters. The van der Waals surface area contributed by atoms with E-state index in [9.17, 15) is 0 Å². The SMILES string of the molecule is CSc1ccc(CNc2cc(C)c(Br)cn2)cc1. The number of thioether (sulfide) groups is 1. The highest BCUT2D eigenvalue weighted by Gasteiger charge is 1.99. The maximum absolute atomic E-state index is 4.33. The molecule has 1 N–H and O–H groups in total. The van der Waals surface area contributed by atoms with Crippen molar-refractivity contribution in [3.8, 4) is 0 Å². The molecule has 2 nitrogen and oxygen atoms in total. The Balaban J connectivity index is 1.99. The summed E-state index contributed by atoms with van der Waals surface area (Å²) in [5, 5.41) is 3.33. The minimum absolute atomic E-state index is 0.794. The molecule has 1 aromatic carbocycles. The third-order valence-corrected chi connectivity index (χ3v) is 4.25. The van der Waals surface area contributed by atoms with Gasteiger partial charge in [0.05, 0.1) is 0 Å². The molecule has 4 heteroatoms. The van der Waals surface area contributed by atoms with Crippen molar-refractivity contribution < 1.29 is 0 Å². The third kappa shape index (κ3) is 3.50. The molecule has 0 spiro atoms. The molecule has 18 heavy (non-hydrogen) atoms. The van der Waals surface area contributed by atoms with E-state index < -0.39 is 0 Å². The monoisotopic (exact) mass is 322 g/mol. The maximum Gasteiger partial charge on any atom is 0.126 e. The first kappa shape index (κ1) is 13.4. The molecular weight excluding hydrogens is 308 g/mol. The van der Waals surface area contributed by atoms with Crippen molar-refractivity contribution in [3.05, 3.63) is 52.1 Å². The van der Waals surface area contributed by atoms with Crippen molar-refractivity contribution in [1.29, 1.82) is 0 Å². The molecule has 0 saturated heterocycles. The second kappa shape index (κ2) is 6.25. The lowest BCUT2D eigenvalue weighted by Crippen LogP contribution is -2.01. The van der Waals surface area contributed by atoms with Crippen LogP contribution in [0.15, 0.2) is 45.9 Å². The van der Waals surface area contributed by atoms with Crippen LogP contribution in [0.25, 0.3) is 0 Å². The fraction of sp³-hybridized carbons (Fsp3) is 0.214. The number of aromatic nitrogens is 1. The van der Waals surface area contributed by atoms with E-state index in [2.05, 4.69) is 63.7 Å². The number of hydrogen-bond acceptors (Lipinski definition) is 3. The predicted molar refractivity (Wildman–Crippen MR) is 82.2 cm³/mol. The second-order valence-electron chi connectivity index (χ2n) is 4.02. The van der Waals surface area contributed by atoms with E-state index >= 15 is 0 Å². The number of halogens is 1. The van der Waals surface area contributed by atoms with Crippen molar-refractivity contribution in [2.24, 2.45) is 0 Å². The summed E-state index contributed by atoms with van der Waals surface area (Å²) in [7, 11) is 0. The summed E-state index contributed by atoms with van der Waals surface area (Å²) in [5.41, 5.74) is 2.44. The molecule has 0 saturated carbocycles. The normalized spacial score (nSPS) is 10.4. The lowest BCUT2D eigenvalue weighted by atomic mass is 10.2. The molecule has 94 valence electrons. The Kier molecular flexibility index (Phi) is 4.66. The molecule has 0 bridgehead atoms. The zero-order valence-electron chi connectivity index (χ0n) is 10.4. The molecule has 1 aromatic heterocycles. The van der Waals surface area contributed by atoms with Crippen LogP contribution < -0.4 is 5.32 Å². The van der Waals surface area contributed by atoms with Crippen LogP contribution in [0.4, 0.5) is 5.82 Å². The summed E-state index contributed by atoms with van der Waals surface area (Å²) in [6, 6.07) is 10.6. The van der Waals surface area contributed by atoms with E-state index in [4.69, 9.17) is 0 Å². The summed E-state index contributed by atoms with van der Waals surface area (Å²) < 4.78 is 1.04. The van der Waals surface area contributed by atoms with Gasteiger partial charge in [-0.3, -0.25) is 0 Å². The Morgan fingerprint density at radius 3 is 2.61 bits per heavy atom. The van der Waals surface area contributed by atoms with Crippen LogP contribution in [-0.2, 0) is 6.54 Å². The lowest BCUT2D eigenvalue weighted by molar-refractivity contribution is 1.10. The fourth-order valence-corrected chi connectivity index (χ4v) is 2.20. The van der Waals surface area contributed by atoms with Crippen molar-refractivity contribution >= 4 is 33.5 Å². The van der Waals surface area contributed by atoms with Crippen LogP contribution in [0.3, 0.4) is 0 Å². The lowest BCUT2D eigenvalue weighted by Gasteiger charge is -2.07. The Morgan fingerprint density at radius 2 is 2.00 bits per heavy atom. The Morgan fingerprint density at radius 1 is 1.28 bits per heavy atom. The minimum Gasteiger partial charge on any atom is -0.366 e. The van der Waals surface area contributed by atoms with Gasteiger partial charge in [-0.15, -0.1) is 11.8 Å². The standard InChI is InChI=1S/C14H15BrN2S/c1-10-7-14(17-9-13(10)15)16-8-11-3-5-12(18-2)6-4-11/h3-7,9H,8H2,1-2H3,(H,16,17). The summed E-state index contributed by atoms with van der Waals surface area (Å²) in [5.74, 6) is 0.907. The number of aryl methyl sites for hydroxylation is 1. The molecule has 0 aliphatic heterocycles. The Hall–Kier alpha value is -1.00. The van der Waals surface area contributed by atoms with Crippen LogP contribution in [0.5, 0.6) is 0 Å². The molecule has 0 fully saturated rings. The van der Waals surface area contributed by atoms with E-state index in [1.165, 1.54) is 16.0 Å². The number of anilines is 1. The summed E-state index contributed by atoms with van der Waals surface area (Å²) in [6.45, 7) is 2.85. The van der Waals surface area contributed by atoms with E-state index in [0.717, 1.165) is 16.8 Å². The van der Waals surface area contributed by atoms with E-state index in [-0.39, 0.29) is 0 Å². The van der Waals surface area contributed by atoms with Crippen LogP contribution in [-0.4, -0.2) is 11.2 Å². The number of rotatable bonds is 4. The van der Waals surface area contributed by atoms with Crippen molar-refractivity contribution in [3.63, 3.8) is 0 Å². The van der Waals surface area contributed by atoms with Crippen molar-refractivity contribution in [2.45, 2.75) is 18.4 Å². The first-order valence-corrected chi connectivity index (χ1v) is 7.70. The smallest absolute Gasteiger partial charge is 0.126 e. The molecule has 0 aliphatic carbocycles. The number of nitrogens with one attached hydrogen (secondary N) is 1. The van der Waals surface area contributed by atoms with Crippen molar-refractivity contribution in [1.82, 2.24) is 4.98 Å². The zero-order chi connectivity index (χ0) is 13.0. The highest BCUT2D eigenvalue weighted by atomic mass is 79.9. The van der Waals surface area contributed by atoms with Crippen LogP contribution in [0.1, 0.15) is 11.1 Å². The summed E-state index contributed by atoms with van der Waals surface area (Å²) >= 11 is 5.21. The fourth-order valence-electron chi connectivity index (χ4n) is 1.57. The van der Waals surface area contributed by atoms with E-state index in [1.54, 1.807) is 11.8 Å². The van der Waals surface area contributed by atoms with Crippen LogP contribution in [0.2, 0.25) is 0 Å². The predicted octanol–water partition coefficient (Wildman–Crippen LogP) is 4.49. The first-order chi connectivity index (χ1) is 8.69. The summed E-state index contributed by atoms with van der Waals surface area (Å²) in [6.07, 6.45) is 3.91. The van der Waals surface area contributed by atoms with Gasteiger partial charge in [0.1, 0.15) is 5.82 Å². The van der Waals surface area contributed by atoms with Gasteiger partial charge in [0.25, 0.3) is 0 Å². The highest BCUT2D eigenvalue weighted by molar-refractivity contribution is 9.10. The van der Waals surface area contributed by atoms with E-state index in [1.807, 2.05) is 12.3 Å². The number of pyridine rings is 1. The maximum atomic E-state index is 4.33. The highest BCUT2D eigenvalue weighted by Crippen LogP contribution is 2.18. The zero-order valence-corrected chi connectivity index (χ0v) is 12.8. The van der Waals surface area contributed by atoms with E-state index in [0.29, 0.717) is 0 Å². The Labute approximate surface area is 120 Å². The average molecular weight is 323 g/mol. The Bertz CT molecular complexity index is 526. The summed E-state index contributed by atoms with van der Waals surface area (Å²) in [4.78, 5) is 5.61. The number of hydrogen-bond donors (Lipinski definition) is 1. The molecule has 0 atom stereocenters. The molecule has 2 rings (SSSR count). The van der Waals surface area contributed by atoms with Crippen molar-refractivity contribution in [2.75, 3.05) is 11.6 Å². The first-order valence-electron chi connectivity index (χ1n) is 5.68. The largest absolute Gasteiger partial charge is 0.366 e. The van der Waals surface area contributed by atoms with Gasteiger partial charge >= 0.3 is 0 Å². The molecule has 0 amide bonds. The number of nitrogens with zero attached hydrogens (tertiary/aromatic N) is 1. The van der Waals surface area contributed by atoms with Gasteiger partial charge in [-0.1, -0.05) is 12.1 Å². The van der Waals surface area contributed by atoms with Gasteiger partial charge in [0.2, 0.25) is 0 Å². The van der Waals surface area contributed by atoms with Gasteiger partial charge < -0.3 is 5.32 Å². The third-order valence-electron chi connectivity index (χ3n) is 2.68. The topological polar surface area (TPSA) is 24.9 Å². The molecular formula is C14H15BrN2S. The van der Waals surface area contributed by atoms with Crippen LogP contribution in [0, 0.1) is 6.92 Å². The van der Waals surface area contributed by atoms with Crippen LogP contribution >= 0.6 is 27.7 Å². The average Bonchev–Trinajstić information content (AvgIpc) is 2.41. The number of benzene rings is 1. The molecule has 0 aliphatic rings. The molecule has 1 heterocycles. The second-order valence-corrected chi connectivity index (χ2v) is 5.75. The molecule has 0 radical (unpaired) electrons. The minimum atomic E-state index is 0.794. The van der Waals surface area contributed by atoms with Gasteiger partial charge in [0.15, 0.2) is 0 Å². The van der Waals surface area contributed by atoms with Gasteiger partial charge in [-0.25, -0.2) is 4.98 Å². The van der Waals surface area contributed by atoms with Gasteiger partial charge in [-0.05, 0) is 58.4 Å². The quantitative estimate of drug-likeness (QED) is 0.840. The molecule has 2 aromatic rings.